The van der Waals surface area contributed by atoms with Crippen molar-refractivity contribution in [1.29, 1.82) is 0 Å². The zero-order chi connectivity index (χ0) is 103. The molecule has 4 fully saturated rings. The van der Waals surface area contributed by atoms with E-state index in [1.807, 2.05) is 121 Å². The number of methoxy groups -OCH3 is 4. The summed E-state index contributed by atoms with van der Waals surface area (Å²) in [5.41, 5.74) is 8.31. The van der Waals surface area contributed by atoms with E-state index in [1.165, 1.54) is 48.2 Å². The molecule has 15 aromatic rings. The van der Waals surface area contributed by atoms with E-state index in [9.17, 15) is 70.7 Å². The Hall–Kier alpha value is -19.3. The van der Waals surface area contributed by atoms with Gasteiger partial charge in [-0.3, -0.25) is 59.6 Å². The normalized spacial score (nSPS) is 18.8. The highest BCUT2D eigenvalue weighted by Crippen LogP contribution is 2.43. The van der Waals surface area contributed by atoms with Crippen molar-refractivity contribution in [3.63, 3.8) is 0 Å². The van der Waals surface area contributed by atoms with Gasteiger partial charge in [0.2, 0.25) is 5.82 Å². The fourth-order valence-electron chi connectivity index (χ4n) is 19.2. The number of fused-ring (bicyclic) bond motifs is 5. The van der Waals surface area contributed by atoms with Crippen molar-refractivity contribution in [3.05, 3.63) is 328 Å². The molecule has 23 rings (SSSR count). The van der Waals surface area contributed by atoms with E-state index >= 15 is 0 Å². The Morgan fingerprint density at radius 1 is 0.367 bits per heavy atom. The Bertz CT molecular complexity index is 7940. The number of aromatic nitrogens is 11. The van der Waals surface area contributed by atoms with Crippen molar-refractivity contribution in [2.45, 2.75) is 54.5 Å². The molecule has 4 saturated heterocycles. The first-order chi connectivity index (χ1) is 70.8. The number of hydrogen-bond acceptors (Lipinski definition) is 26. The molecular formula is C104H84F3N23O17. The van der Waals surface area contributed by atoms with Crippen molar-refractivity contribution >= 4 is 82.4 Å². The van der Waals surface area contributed by atoms with E-state index in [2.05, 4.69) is 88.6 Å². The van der Waals surface area contributed by atoms with Gasteiger partial charge in [0.05, 0.1) is 67.9 Å². The third-order valence-corrected chi connectivity index (χ3v) is 26.8. The molecule has 0 radical (unpaired) electrons. The first-order valence-electron chi connectivity index (χ1n) is 45.6. The van der Waals surface area contributed by atoms with Gasteiger partial charge in [-0.05, 0) is 160 Å². The highest BCUT2D eigenvalue weighted by molar-refractivity contribution is 6.12. The summed E-state index contributed by atoms with van der Waals surface area (Å²) in [5, 5.41) is 49.1. The van der Waals surface area contributed by atoms with E-state index in [4.69, 9.17) is 23.5 Å². The minimum atomic E-state index is -4.63. The molecule has 0 unspecified atom stereocenters. The maximum absolute atomic E-state index is 13.2. The van der Waals surface area contributed by atoms with Crippen molar-refractivity contribution < 1.29 is 94.2 Å². The number of imide groups is 4. The summed E-state index contributed by atoms with van der Waals surface area (Å²) in [4.78, 5) is 169. The molecule has 0 aliphatic carbocycles. The number of urea groups is 4. The maximum atomic E-state index is 13.2. The number of rotatable bonds is 22. The summed E-state index contributed by atoms with van der Waals surface area (Å²) in [6, 6.07) is 68.4. The first kappa shape index (κ1) is 95.3. The number of ether oxygens (including phenoxy) is 4. The Balaban J connectivity index is 0.000000119. The summed E-state index contributed by atoms with van der Waals surface area (Å²) >= 11 is 0. The second-order valence-corrected chi connectivity index (χ2v) is 35.5. The Morgan fingerprint density at radius 2 is 0.721 bits per heavy atom. The molecular weight excluding hydrogens is 1900 g/mol. The molecule has 0 bridgehead atoms. The largest absolute Gasteiger partial charge is 0.497 e. The number of benzene rings is 11. The number of aryl methyl sites for hydroxylation is 2. The van der Waals surface area contributed by atoms with E-state index in [0.29, 0.717) is 104 Å². The monoisotopic (exact) mass is 1980 g/mol. The van der Waals surface area contributed by atoms with Crippen LogP contribution in [0.1, 0.15) is 91.6 Å². The van der Waals surface area contributed by atoms with Gasteiger partial charge in [0.25, 0.3) is 47.3 Å². The Morgan fingerprint density at radius 3 is 1.06 bits per heavy atom. The highest BCUT2D eigenvalue weighted by atomic mass is 19.4. The molecule has 8 N–H and O–H groups in total. The third-order valence-electron chi connectivity index (χ3n) is 26.8. The molecule has 0 spiro atoms. The fourth-order valence-corrected chi connectivity index (χ4v) is 19.2. The molecule has 738 valence electrons. The fraction of sp³-hybridized carbons (Fsp3) is 0.183. The number of nitrogens with one attached hydrogen (secondary N) is 8. The predicted molar refractivity (Wildman–Crippen MR) is 516 cm³/mol. The van der Waals surface area contributed by atoms with Crippen LogP contribution in [0.4, 0.5) is 32.3 Å². The lowest BCUT2D eigenvalue weighted by Crippen LogP contribution is -2.52. The van der Waals surface area contributed by atoms with Crippen LogP contribution in [-0.2, 0) is 87.8 Å². The van der Waals surface area contributed by atoms with Crippen LogP contribution >= 0.6 is 0 Å². The highest BCUT2D eigenvalue weighted by Gasteiger charge is 2.55. The minimum absolute atomic E-state index is 0.0101. The predicted octanol–water partition coefficient (Wildman–Crippen LogP) is 10.5. The molecule has 43 heteroatoms. The number of amides is 16. The van der Waals surface area contributed by atoms with Crippen LogP contribution in [0.25, 0.3) is 78.5 Å². The van der Waals surface area contributed by atoms with Crippen molar-refractivity contribution in [2.75, 3.05) is 54.6 Å². The first-order valence-corrected chi connectivity index (χ1v) is 45.6. The van der Waals surface area contributed by atoms with Crippen LogP contribution < -0.4 is 61.5 Å². The number of alkyl halides is 3. The molecule has 40 nitrogen and oxygen atoms in total. The van der Waals surface area contributed by atoms with Gasteiger partial charge in [0.15, 0.2) is 39.4 Å². The maximum Gasteiger partial charge on any atom is 0.433 e. The molecule has 12 heterocycles. The van der Waals surface area contributed by atoms with Gasteiger partial charge in [-0.25, -0.2) is 33.8 Å². The van der Waals surface area contributed by atoms with Crippen molar-refractivity contribution in [3.8, 4) is 90.5 Å². The number of tetrazole rings is 2. The standard InChI is InChI=1S/2C27H23N7O4.C26H20N4O5.C24H18F3N5O4/c1-33-23(30-31-32-33)21-6-4-3-5-20(21)16-7-10-18(11-8-16)27(25(36)28-26(37)29-27)15-34-14-17-9-12-19(38-2)13-22(17)24(34)35;1-33-31-23(30-32-33)21-6-4-3-5-20(21)16-7-10-18(11-8-16)27(25(36)28-26(37)29-27)15-34-14-17-9-12-19(38-2)13-22(17)24(34)35;1-34-20-9-6-18-13-30(23(31)21(18)11-20)14-26(24(32)28-25(33)29-26)19-7-4-15(5-8-19)16-2-3-17-12-27-35-22(17)10-16;1-36-16-7-4-14-11-32(20(33)17(14)10-16)12-23(21(34)30-22(35)31-23)15-5-2-13(3-6-15)19-28-9-8-18(29-19)24(25,26)27/h2*3-13H,14-15H2,1-2H3,(H2,28,29,36,37);2-12H,13-14H2,1H3,(H2,28,29,32,33);2-10H,11-12H2,1H3,(H2,30,31,34,35)/t2*27-;26-;23-/m0000/s1. The Labute approximate surface area is 831 Å². The minimum Gasteiger partial charge on any atom is -0.497 e. The van der Waals surface area contributed by atoms with Gasteiger partial charge < -0.3 is 64.3 Å². The zero-order valence-electron chi connectivity index (χ0n) is 78.7. The van der Waals surface area contributed by atoms with Gasteiger partial charge in [-0.15, -0.1) is 15.3 Å². The SMILES string of the molecule is COc1ccc2c(c1)C(=O)N(C[C@@]1(c3ccc(-c4ccc5cnoc5c4)cc3)NC(=O)NC1=O)C2.COc1ccc2c(c1)C(=O)N(C[C@@]1(c3ccc(-c4ccccc4-c4nnn(C)n4)cc3)NC(=O)NC1=O)C2.COc1ccc2c(c1)C(=O)N(C[C@@]1(c3ccc(-c4ccccc4-c4nnnn4C)cc3)NC(=O)NC1=O)C2.COc1ccc2c(c1)C(=O)N(C[C@@]1(c3ccc(-c4nccc(C(F)(F)F)n4)cc3)NC(=O)NC1=O)C2. The molecule has 8 aliphatic heterocycles. The number of halogens is 3. The lowest BCUT2D eigenvalue weighted by molar-refractivity contribution is -0.141. The topological polar surface area (TPSA) is 490 Å². The molecule has 147 heavy (non-hydrogen) atoms. The van der Waals surface area contributed by atoms with Crippen LogP contribution in [0.15, 0.2) is 260 Å². The smallest absolute Gasteiger partial charge is 0.433 e. The molecule has 4 atom stereocenters. The summed E-state index contributed by atoms with van der Waals surface area (Å²) in [5.74, 6) is 0.0325. The number of hydrogen-bond donors (Lipinski definition) is 8. The average Bonchev–Trinajstić information content (AvgIpc) is 1.61. The Kier molecular flexibility index (Phi) is 24.6. The van der Waals surface area contributed by atoms with E-state index in [1.54, 1.807) is 145 Å². The van der Waals surface area contributed by atoms with Gasteiger partial charge in [-0.1, -0.05) is 181 Å². The van der Waals surface area contributed by atoms with E-state index in [-0.39, 0.29) is 67.7 Å². The molecule has 16 amide bonds. The summed E-state index contributed by atoms with van der Waals surface area (Å²) in [7, 11) is 9.58. The van der Waals surface area contributed by atoms with Gasteiger partial charge in [-0.2, -0.15) is 18.0 Å². The average molecular weight is 1980 g/mol. The number of carbonyl (C=O) groups excluding carboxylic acids is 12. The summed E-state index contributed by atoms with van der Waals surface area (Å²) in [6.45, 7) is 0.960. The second-order valence-electron chi connectivity index (χ2n) is 35.5. The second kappa shape index (κ2) is 38.0. The molecule has 0 saturated carbocycles. The molecule has 4 aromatic heterocycles. The lowest BCUT2D eigenvalue weighted by Gasteiger charge is -2.31. The van der Waals surface area contributed by atoms with Gasteiger partial charge >= 0.3 is 30.3 Å². The third kappa shape index (κ3) is 17.8. The van der Waals surface area contributed by atoms with Crippen LogP contribution in [0.3, 0.4) is 0 Å². The van der Waals surface area contributed by atoms with E-state index < -0.39 is 81.8 Å². The van der Waals surface area contributed by atoms with Gasteiger partial charge in [0.1, 0.15) is 28.7 Å². The lowest BCUT2D eigenvalue weighted by atomic mass is 9.87. The van der Waals surface area contributed by atoms with Crippen LogP contribution in [0.2, 0.25) is 0 Å². The number of carbonyl (C=O) groups is 12. The quantitative estimate of drug-likeness (QED) is 0.0292. The summed E-state index contributed by atoms with van der Waals surface area (Å²) < 4.78 is 66.9. The van der Waals surface area contributed by atoms with Crippen LogP contribution in [0, 0.1) is 0 Å². The van der Waals surface area contributed by atoms with Crippen LogP contribution in [0.5, 0.6) is 23.0 Å². The van der Waals surface area contributed by atoms with Crippen LogP contribution in [-0.4, -0.2) is 201 Å². The van der Waals surface area contributed by atoms with Crippen molar-refractivity contribution in [1.82, 2.24) is 118 Å². The zero-order valence-corrected chi connectivity index (χ0v) is 78.7. The number of nitrogens with zero attached hydrogens (tertiary/aromatic N) is 15. The summed E-state index contributed by atoms with van der Waals surface area (Å²) in [6.07, 6.45) is -1.96. The van der Waals surface area contributed by atoms with Gasteiger partial charge in [0, 0.05) is 83.8 Å². The van der Waals surface area contributed by atoms with Crippen molar-refractivity contribution in [2.24, 2.45) is 14.1 Å². The van der Waals surface area contributed by atoms with E-state index in [0.717, 1.165) is 84.4 Å². The molecule has 8 aliphatic rings. The molecule has 11 aromatic carbocycles.